The molecule has 1 aromatic carbocycles. The van der Waals surface area contributed by atoms with Crippen molar-refractivity contribution in [2.45, 2.75) is 6.54 Å². The topological polar surface area (TPSA) is 84.9 Å². The molecule has 0 atom stereocenters. The van der Waals surface area contributed by atoms with Gasteiger partial charge in [-0.3, -0.25) is 4.57 Å². The predicted molar refractivity (Wildman–Crippen MR) is 90.9 cm³/mol. The number of pyridine rings is 1. The third kappa shape index (κ3) is 2.21. The summed E-state index contributed by atoms with van der Waals surface area (Å²) in [5.74, 6) is 1.37. The molecule has 0 bridgehead atoms. The lowest BCUT2D eigenvalue weighted by Gasteiger charge is -2.09. The van der Waals surface area contributed by atoms with E-state index in [4.69, 9.17) is 9.47 Å². The molecule has 0 aliphatic heterocycles. The molecule has 0 unspecified atom stereocenters. The predicted octanol–water partition coefficient (Wildman–Crippen LogP) is 2.27. The first kappa shape index (κ1) is 14.4. The number of ether oxygens (including phenoxy) is 2. The van der Waals surface area contributed by atoms with E-state index in [1.807, 2.05) is 18.2 Å². The van der Waals surface area contributed by atoms with Crippen molar-refractivity contribution < 1.29 is 9.47 Å². The van der Waals surface area contributed by atoms with Gasteiger partial charge in [0.05, 0.1) is 38.0 Å². The van der Waals surface area contributed by atoms with Crippen LogP contribution in [0.1, 0.15) is 5.56 Å². The van der Waals surface area contributed by atoms with Gasteiger partial charge in [-0.2, -0.15) is 0 Å². The quantitative estimate of drug-likeness (QED) is 0.603. The third-order valence-electron chi connectivity index (χ3n) is 4.09. The zero-order valence-electron chi connectivity index (χ0n) is 13.3. The molecular formula is C17H16N4O3. The molecule has 7 heteroatoms. The minimum absolute atomic E-state index is 0.178. The van der Waals surface area contributed by atoms with Crippen LogP contribution in [0.5, 0.6) is 11.5 Å². The van der Waals surface area contributed by atoms with Crippen molar-refractivity contribution in [2.24, 2.45) is 0 Å². The van der Waals surface area contributed by atoms with Crippen molar-refractivity contribution in [1.82, 2.24) is 19.5 Å². The minimum Gasteiger partial charge on any atom is -0.497 e. The summed E-state index contributed by atoms with van der Waals surface area (Å²) in [4.78, 5) is 22.8. The summed E-state index contributed by atoms with van der Waals surface area (Å²) in [5, 5.41) is 0.895. The number of rotatable bonds is 4. The summed E-state index contributed by atoms with van der Waals surface area (Å²) in [7, 11) is 3.20. The molecule has 4 rings (SSSR count). The highest BCUT2D eigenvalue weighted by atomic mass is 16.5. The van der Waals surface area contributed by atoms with Crippen LogP contribution in [0.15, 0.2) is 41.5 Å². The van der Waals surface area contributed by atoms with Gasteiger partial charge in [-0.25, -0.2) is 9.78 Å². The van der Waals surface area contributed by atoms with Crippen LogP contribution in [-0.2, 0) is 6.54 Å². The molecule has 3 heterocycles. The molecule has 0 saturated heterocycles. The second-order valence-corrected chi connectivity index (χ2v) is 5.50. The van der Waals surface area contributed by atoms with Crippen molar-refractivity contribution >= 4 is 22.1 Å². The maximum atomic E-state index is 12.4. The van der Waals surface area contributed by atoms with Crippen molar-refractivity contribution in [3.63, 3.8) is 0 Å². The van der Waals surface area contributed by atoms with Crippen LogP contribution in [0.4, 0.5) is 0 Å². The van der Waals surface area contributed by atoms with Gasteiger partial charge in [0.1, 0.15) is 17.1 Å². The Hall–Kier alpha value is -3.22. The van der Waals surface area contributed by atoms with Crippen molar-refractivity contribution in [2.75, 3.05) is 14.2 Å². The summed E-state index contributed by atoms with van der Waals surface area (Å²) >= 11 is 0. The van der Waals surface area contributed by atoms with E-state index in [1.54, 1.807) is 37.2 Å². The molecule has 0 aliphatic carbocycles. The number of hydrogen-bond acceptors (Lipinski definition) is 4. The lowest BCUT2D eigenvalue weighted by Crippen LogP contribution is -2.17. The number of benzene rings is 1. The number of imidazole rings is 1. The van der Waals surface area contributed by atoms with E-state index in [-0.39, 0.29) is 5.69 Å². The first-order valence-electron chi connectivity index (χ1n) is 7.46. The van der Waals surface area contributed by atoms with Crippen LogP contribution >= 0.6 is 0 Å². The van der Waals surface area contributed by atoms with E-state index in [2.05, 4.69) is 15.0 Å². The molecule has 122 valence electrons. The fraction of sp³-hybridized carbons (Fsp3) is 0.176. The lowest BCUT2D eigenvalue weighted by atomic mass is 10.2. The zero-order valence-corrected chi connectivity index (χ0v) is 13.3. The van der Waals surface area contributed by atoms with E-state index in [9.17, 15) is 4.79 Å². The summed E-state index contributed by atoms with van der Waals surface area (Å²) in [6.07, 6.45) is 3.50. The van der Waals surface area contributed by atoms with Crippen molar-refractivity contribution in [1.29, 1.82) is 0 Å². The molecule has 0 aliphatic rings. The monoisotopic (exact) mass is 324 g/mol. The van der Waals surface area contributed by atoms with Crippen molar-refractivity contribution in [3.05, 3.63) is 52.7 Å². The highest BCUT2D eigenvalue weighted by Crippen LogP contribution is 2.24. The number of methoxy groups -OCH3 is 2. The maximum Gasteiger partial charge on any atom is 0.326 e. The molecular weight excluding hydrogens is 308 g/mol. The highest BCUT2D eigenvalue weighted by Gasteiger charge is 2.12. The Balaban J connectivity index is 1.85. The lowest BCUT2D eigenvalue weighted by molar-refractivity contribution is 0.393. The number of nitrogens with one attached hydrogen (secondary N) is 2. The smallest absolute Gasteiger partial charge is 0.326 e. The molecule has 0 amide bonds. The van der Waals surface area contributed by atoms with Gasteiger partial charge in [-0.15, -0.1) is 0 Å². The Bertz CT molecular complexity index is 1070. The molecule has 2 N–H and O–H groups in total. The fourth-order valence-electron chi connectivity index (χ4n) is 2.91. The van der Waals surface area contributed by atoms with Gasteiger partial charge in [0.25, 0.3) is 0 Å². The summed E-state index contributed by atoms with van der Waals surface area (Å²) in [6.45, 7) is 0.393. The number of nitrogens with zero attached hydrogens (tertiary/aromatic N) is 2. The van der Waals surface area contributed by atoms with E-state index in [0.29, 0.717) is 18.0 Å². The van der Waals surface area contributed by atoms with E-state index >= 15 is 0 Å². The number of aromatic amines is 2. The number of H-pyrrole nitrogens is 2. The Labute approximate surface area is 136 Å². The van der Waals surface area contributed by atoms with Gasteiger partial charge in [-0.1, -0.05) is 0 Å². The first-order valence-corrected chi connectivity index (χ1v) is 7.46. The van der Waals surface area contributed by atoms with Gasteiger partial charge in [0.2, 0.25) is 0 Å². The van der Waals surface area contributed by atoms with Crippen LogP contribution in [-0.4, -0.2) is 33.7 Å². The van der Waals surface area contributed by atoms with Crippen molar-refractivity contribution in [3.8, 4) is 11.5 Å². The fourth-order valence-corrected chi connectivity index (χ4v) is 2.91. The molecule has 3 aromatic heterocycles. The van der Waals surface area contributed by atoms with E-state index in [1.165, 1.54) is 0 Å². The molecule has 7 nitrogen and oxygen atoms in total. The van der Waals surface area contributed by atoms with Crippen LogP contribution in [0.25, 0.3) is 22.1 Å². The molecule has 0 fully saturated rings. The maximum absolute atomic E-state index is 12.4. The summed E-state index contributed by atoms with van der Waals surface area (Å²) < 4.78 is 12.2. The Morgan fingerprint density at radius 1 is 1.17 bits per heavy atom. The van der Waals surface area contributed by atoms with Crippen LogP contribution < -0.4 is 15.2 Å². The third-order valence-corrected chi connectivity index (χ3v) is 4.09. The summed E-state index contributed by atoms with van der Waals surface area (Å²) in [6, 6.07) is 7.47. The molecule has 4 aromatic rings. The highest BCUT2D eigenvalue weighted by molar-refractivity contribution is 6.00. The Morgan fingerprint density at radius 2 is 1.92 bits per heavy atom. The van der Waals surface area contributed by atoms with E-state index < -0.39 is 0 Å². The second kappa shape index (κ2) is 5.45. The number of aromatic nitrogens is 4. The SMILES string of the molecule is COc1cc(Cn2c(=O)[nH]c3c4cc[nH]c4ncc32)cc(OC)c1. The van der Waals surface area contributed by atoms with Crippen LogP contribution in [0.3, 0.4) is 0 Å². The minimum atomic E-state index is -0.178. The summed E-state index contributed by atoms with van der Waals surface area (Å²) in [5.41, 5.74) is 3.01. The van der Waals surface area contributed by atoms with E-state index in [0.717, 1.165) is 27.6 Å². The normalized spacial score (nSPS) is 11.2. The van der Waals surface area contributed by atoms with Crippen LogP contribution in [0.2, 0.25) is 0 Å². The standard InChI is InChI=1S/C17H16N4O3/c1-23-11-5-10(6-12(7-11)24-2)9-21-14-8-19-16-13(3-4-18-16)15(14)20-17(21)22/h3-8H,9H2,1-2H3,(H,18,19)(H,20,22). The van der Waals surface area contributed by atoms with Gasteiger partial charge in [0, 0.05) is 17.6 Å². The molecule has 24 heavy (non-hydrogen) atoms. The Morgan fingerprint density at radius 3 is 2.62 bits per heavy atom. The van der Waals surface area contributed by atoms with Gasteiger partial charge in [-0.05, 0) is 23.8 Å². The van der Waals surface area contributed by atoms with Gasteiger partial charge < -0.3 is 19.4 Å². The van der Waals surface area contributed by atoms with Gasteiger partial charge >= 0.3 is 5.69 Å². The van der Waals surface area contributed by atoms with Gasteiger partial charge in [0.15, 0.2) is 0 Å². The molecule has 0 radical (unpaired) electrons. The number of hydrogen-bond donors (Lipinski definition) is 2. The first-order chi connectivity index (χ1) is 11.7. The largest absolute Gasteiger partial charge is 0.497 e. The molecule has 0 saturated carbocycles. The average molecular weight is 324 g/mol. The zero-order chi connectivity index (χ0) is 16.7. The Kier molecular flexibility index (Phi) is 3.26. The second-order valence-electron chi connectivity index (χ2n) is 5.50. The number of fused-ring (bicyclic) bond motifs is 3. The average Bonchev–Trinajstić information content (AvgIpc) is 3.19. The van der Waals surface area contributed by atoms with Crippen LogP contribution in [0, 0.1) is 0 Å². The molecule has 0 spiro atoms.